The summed E-state index contributed by atoms with van der Waals surface area (Å²) in [5, 5.41) is 4.16. The fraction of sp³-hybridized carbons (Fsp3) is 0.688. The maximum Gasteiger partial charge on any atom is 0.194 e. The van der Waals surface area contributed by atoms with Gasteiger partial charge >= 0.3 is 0 Å². The third-order valence-corrected chi connectivity index (χ3v) is 5.32. The highest BCUT2D eigenvalue weighted by Gasteiger charge is 2.24. The lowest BCUT2D eigenvalue weighted by molar-refractivity contribution is 0.381. The van der Waals surface area contributed by atoms with Gasteiger partial charge in [0, 0.05) is 50.1 Å². The van der Waals surface area contributed by atoms with Crippen LogP contribution in [0.5, 0.6) is 0 Å². The van der Waals surface area contributed by atoms with Crippen LogP contribution in [0.3, 0.4) is 0 Å². The van der Waals surface area contributed by atoms with E-state index >= 15 is 0 Å². The molecule has 0 radical (unpaired) electrons. The van der Waals surface area contributed by atoms with Gasteiger partial charge in [-0.1, -0.05) is 13.8 Å². The molecule has 1 atom stereocenters. The molecule has 1 aliphatic rings. The van der Waals surface area contributed by atoms with Crippen LogP contribution in [0.2, 0.25) is 0 Å². The number of hydrogen-bond donors (Lipinski definition) is 1. The monoisotopic (exact) mass is 308 g/mol. The summed E-state index contributed by atoms with van der Waals surface area (Å²) < 4.78 is 2.07. The molecule has 1 aliphatic heterocycles. The van der Waals surface area contributed by atoms with Gasteiger partial charge in [-0.3, -0.25) is 0 Å². The van der Waals surface area contributed by atoms with Crippen molar-refractivity contribution in [2.45, 2.75) is 32.6 Å². The molecule has 1 aromatic rings. The van der Waals surface area contributed by atoms with Crippen LogP contribution in [0.15, 0.2) is 23.5 Å². The molecule has 0 aliphatic carbocycles. The molecule has 1 N–H and O–H groups in total. The predicted octanol–water partition coefficient (Wildman–Crippen LogP) is 2.56. The van der Waals surface area contributed by atoms with E-state index in [2.05, 4.69) is 65.8 Å². The van der Waals surface area contributed by atoms with Crippen LogP contribution in [0.1, 0.15) is 26.3 Å². The van der Waals surface area contributed by atoms with Crippen molar-refractivity contribution in [1.29, 1.82) is 0 Å². The minimum Gasteiger partial charge on any atom is -0.357 e. The molecule has 0 spiro atoms. The van der Waals surface area contributed by atoms with Gasteiger partial charge in [0.1, 0.15) is 0 Å². The minimum absolute atomic E-state index is 0.708. The Kier molecular flexibility index (Phi) is 6.03. The van der Waals surface area contributed by atoms with E-state index in [0.717, 1.165) is 38.1 Å². The van der Waals surface area contributed by atoms with Crippen LogP contribution in [-0.2, 0) is 13.6 Å². The summed E-state index contributed by atoms with van der Waals surface area (Å²) in [7, 11) is 2.05. The maximum atomic E-state index is 4.82. The van der Waals surface area contributed by atoms with E-state index in [0.29, 0.717) is 5.25 Å². The Labute approximate surface area is 133 Å². The molecule has 0 saturated carbocycles. The van der Waals surface area contributed by atoms with Crippen molar-refractivity contribution in [2.24, 2.45) is 18.0 Å². The van der Waals surface area contributed by atoms with E-state index < -0.39 is 0 Å². The van der Waals surface area contributed by atoms with Gasteiger partial charge in [0.2, 0.25) is 0 Å². The van der Waals surface area contributed by atoms with Crippen LogP contribution in [0.4, 0.5) is 0 Å². The Morgan fingerprint density at radius 3 is 2.95 bits per heavy atom. The van der Waals surface area contributed by atoms with Gasteiger partial charge in [-0.15, -0.1) is 0 Å². The van der Waals surface area contributed by atoms with Crippen molar-refractivity contribution < 1.29 is 0 Å². The number of hydrogen-bond acceptors (Lipinski definition) is 2. The highest BCUT2D eigenvalue weighted by Crippen LogP contribution is 2.24. The lowest BCUT2D eigenvalue weighted by Gasteiger charge is -2.36. The molecule has 1 aromatic heterocycles. The molecule has 2 rings (SSSR count). The van der Waals surface area contributed by atoms with Crippen LogP contribution in [0, 0.1) is 5.92 Å². The fourth-order valence-electron chi connectivity index (χ4n) is 2.52. The van der Waals surface area contributed by atoms with Gasteiger partial charge < -0.3 is 14.8 Å². The number of thioether (sulfide) groups is 1. The average molecular weight is 308 g/mol. The zero-order valence-corrected chi connectivity index (χ0v) is 14.5. The SMILES string of the molecule is CCNC(=NCc1ccn(C)c1)N1CCSC(C(C)C)C1. The molecule has 0 bridgehead atoms. The number of nitrogens with one attached hydrogen (secondary N) is 1. The van der Waals surface area contributed by atoms with Gasteiger partial charge in [-0.25, -0.2) is 4.99 Å². The van der Waals surface area contributed by atoms with Crippen molar-refractivity contribution in [3.05, 3.63) is 24.0 Å². The maximum absolute atomic E-state index is 4.82. The van der Waals surface area contributed by atoms with E-state index in [9.17, 15) is 0 Å². The zero-order chi connectivity index (χ0) is 15.2. The van der Waals surface area contributed by atoms with Crippen molar-refractivity contribution in [2.75, 3.05) is 25.4 Å². The van der Waals surface area contributed by atoms with Gasteiger partial charge in [-0.2, -0.15) is 11.8 Å². The fourth-order valence-corrected chi connectivity index (χ4v) is 3.82. The van der Waals surface area contributed by atoms with Gasteiger partial charge in [0.05, 0.1) is 6.54 Å². The zero-order valence-electron chi connectivity index (χ0n) is 13.7. The number of guanidine groups is 1. The number of aromatic nitrogens is 1. The number of aryl methyl sites for hydroxylation is 1. The molecule has 2 heterocycles. The Morgan fingerprint density at radius 2 is 2.33 bits per heavy atom. The van der Waals surface area contributed by atoms with Crippen molar-refractivity contribution in [1.82, 2.24) is 14.8 Å². The summed E-state index contributed by atoms with van der Waals surface area (Å²) in [6.07, 6.45) is 4.21. The molecular weight excluding hydrogens is 280 g/mol. The Balaban J connectivity index is 2.03. The molecule has 1 saturated heterocycles. The highest BCUT2D eigenvalue weighted by molar-refractivity contribution is 8.00. The molecule has 4 nitrogen and oxygen atoms in total. The van der Waals surface area contributed by atoms with Gasteiger partial charge in [0.25, 0.3) is 0 Å². The van der Waals surface area contributed by atoms with Gasteiger partial charge in [-0.05, 0) is 24.5 Å². The van der Waals surface area contributed by atoms with Crippen molar-refractivity contribution in [3.8, 4) is 0 Å². The summed E-state index contributed by atoms with van der Waals surface area (Å²) in [4.78, 5) is 7.25. The second kappa shape index (κ2) is 7.78. The standard InChI is InChI=1S/C16H28N4S/c1-5-17-16(18-10-14-6-7-19(4)11-14)20-8-9-21-15(12-20)13(2)3/h6-7,11,13,15H,5,8-10,12H2,1-4H3,(H,17,18). The first-order chi connectivity index (χ1) is 10.1. The topological polar surface area (TPSA) is 32.6 Å². The first-order valence-corrected chi connectivity index (χ1v) is 8.90. The Bertz CT molecular complexity index is 467. The normalized spacial score (nSPS) is 20.1. The van der Waals surface area contributed by atoms with Crippen molar-refractivity contribution in [3.63, 3.8) is 0 Å². The van der Waals surface area contributed by atoms with Crippen molar-refractivity contribution >= 4 is 17.7 Å². The first-order valence-electron chi connectivity index (χ1n) is 7.86. The molecule has 0 aromatic carbocycles. The van der Waals surface area contributed by atoms with E-state index in [4.69, 9.17) is 4.99 Å². The Morgan fingerprint density at radius 1 is 1.52 bits per heavy atom. The largest absolute Gasteiger partial charge is 0.357 e. The second-order valence-electron chi connectivity index (χ2n) is 5.95. The Hall–Kier alpha value is -1.10. The summed E-state index contributed by atoms with van der Waals surface area (Å²) >= 11 is 2.10. The molecule has 5 heteroatoms. The quantitative estimate of drug-likeness (QED) is 0.685. The van der Waals surface area contributed by atoms with E-state index in [-0.39, 0.29) is 0 Å². The third kappa shape index (κ3) is 4.70. The lowest BCUT2D eigenvalue weighted by atomic mass is 10.1. The molecule has 21 heavy (non-hydrogen) atoms. The second-order valence-corrected chi connectivity index (χ2v) is 7.30. The summed E-state index contributed by atoms with van der Waals surface area (Å²) in [5.74, 6) is 2.97. The highest BCUT2D eigenvalue weighted by atomic mass is 32.2. The first kappa shape index (κ1) is 16.3. The summed E-state index contributed by atoms with van der Waals surface area (Å²) in [5.41, 5.74) is 1.26. The van der Waals surface area contributed by atoms with Crippen LogP contribution < -0.4 is 5.32 Å². The number of rotatable bonds is 4. The van der Waals surface area contributed by atoms with Crippen LogP contribution in [-0.4, -0.2) is 46.1 Å². The minimum atomic E-state index is 0.708. The molecular formula is C16H28N4S. The number of nitrogens with zero attached hydrogens (tertiary/aromatic N) is 3. The van der Waals surface area contributed by atoms with Crippen LogP contribution >= 0.6 is 11.8 Å². The summed E-state index contributed by atoms with van der Waals surface area (Å²) in [6, 6.07) is 2.13. The van der Waals surface area contributed by atoms with E-state index in [1.165, 1.54) is 11.3 Å². The van der Waals surface area contributed by atoms with Gasteiger partial charge in [0.15, 0.2) is 5.96 Å². The molecule has 1 unspecified atom stereocenters. The van der Waals surface area contributed by atoms with E-state index in [1.54, 1.807) is 0 Å². The average Bonchev–Trinajstić information content (AvgIpc) is 2.89. The predicted molar refractivity (Wildman–Crippen MR) is 92.9 cm³/mol. The molecule has 1 fully saturated rings. The summed E-state index contributed by atoms with van der Waals surface area (Å²) in [6.45, 7) is 10.6. The van der Waals surface area contributed by atoms with E-state index in [1.807, 2.05) is 7.05 Å². The molecule has 0 amide bonds. The smallest absolute Gasteiger partial charge is 0.194 e. The number of aliphatic imine (C=N–C) groups is 1. The molecule has 118 valence electrons. The third-order valence-electron chi connectivity index (χ3n) is 3.78. The lowest BCUT2D eigenvalue weighted by Crippen LogP contribution is -2.49. The van der Waals surface area contributed by atoms with Crippen LogP contribution in [0.25, 0.3) is 0 Å².